The van der Waals surface area contributed by atoms with Gasteiger partial charge in [0.05, 0.1) is 36.0 Å². The van der Waals surface area contributed by atoms with Crippen LogP contribution in [-0.4, -0.2) is 47.3 Å². The lowest BCUT2D eigenvalue weighted by molar-refractivity contribution is 0.0379. The second-order valence-electron chi connectivity index (χ2n) is 4.98. The minimum Gasteiger partial charge on any atom is -0.379 e. The highest BCUT2D eigenvalue weighted by atomic mass is 35.5. The zero-order chi connectivity index (χ0) is 13.2. The van der Waals surface area contributed by atoms with Crippen LogP contribution < -0.4 is 0 Å². The van der Waals surface area contributed by atoms with E-state index in [0.29, 0.717) is 0 Å². The molecule has 3 rings (SSSR count). The van der Waals surface area contributed by atoms with Crippen LogP contribution in [0.5, 0.6) is 0 Å². The molecule has 4 nitrogen and oxygen atoms in total. The van der Waals surface area contributed by atoms with Gasteiger partial charge in [0.2, 0.25) is 0 Å². The predicted molar refractivity (Wildman–Crippen MR) is 76.6 cm³/mol. The molecule has 2 aromatic rings. The average Bonchev–Trinajstić information content (AvgIpc) is 2.81. The number of imidazole rings is 1. The van der Waals surface area contributed by atoms with Gasteiger partial charge in [-0.2, -0.15) is 0 Å². The van der Waals surface area contributed by atoms with Gasteiger partial charge in [-0.1, -0.05) is 6.07 Å². The Kier molecular flexibility index (Phi) is 3.73. The van der Waals surface area contributed by atoms with Crippen molar-refractivity contribution in [3.05, 3.63) is 30.1 Å². The third-order valence-electron chi connectivity index (χ3n) is 3.63. The SMILES string of the molecule is Cn1cnc2cc(C(Cl)CN3CCOCC3)ccc21. The van der Waals surface area contributed by atoms with Crippen molar-refractivity contribution in [3.8, 4) is 0 Å². The van der Waals surface area contributed by atoms with Crippen LogP contribution in [0.3, 0.4) is 0 Å². The topological polar surface area (TPSA) is 30.3 Å². The zero-order valence-electron chi connectivity index (χ0n) is 11.1. The summed E-state index contributed by atoms with van der Waals surface area (Å²) in [5.41, 5.74) is 3.28. The fourth-order valence-electron chi connectivity index (χ4n) is 2.46. The van der Waals surface area contributed by atoms with Crippen molar-refractivity contribution < 1.29 is 4.74 Å². The smallest absolute Gasteiger partial charge is 0.0955 e. The molecule has 1 atom stereocenters. The Hall–Kier alpha value is -1.10. The van der Waals surface area contributed by atoms with E-state index >= 15 is 0 Å². The van der Waals surface area contributed by atoms with Crippen LogP contribution in [0.4, 0.5) is 0 Å². The molecule has 1 aromatic carbocycles. The summed E-state index contributed by atoms with van der Waals surface area (Å²) in [6.45, 7) is 4.42. The zero-order valence-corrected chi connectivity index (χ0v) is 11.8. The molecule has 1 unspecified atom stereocenters. The van der Waals surface area contributed by atoms with Crippen molar-refractivity contribution in [1.82, 2.24) is 14.5 Å². The van der Waals surface area contributed by atoms with Crippen molar-refractivity contribution in [2.75, 3.05) is 32.8 Å². The van der Waals surface area contributed by atoms with Crippen molar-refractivity contribution in [1.29, 1.82) is 0 Å². The van der Waals surface area contributed by atoms with Crippen LogP contribution in [0, 0.1) is 0 Å². The number of ether oxygens (including phenoxy) is 1. The van der Waals surface area contributed by atoms with E-state index in [0.717, 1.165) is 49.4 Å². The first kappa shape index (κ1) is 12.9. The molecule has 0 saturated carbocycles. The molecule has 5 heteroatoms. The molecule has 102 valence electrons. The Morgan fingerprint density at radius 3 is 2.95 bits per heavy atom. The maximum absolute atomic E-state index is 6.53. The fourth-order valence-corrected chi connectivity index (χ4v) is 2.79. The number of aryl methyl sites for hydroxylation is 1. The number of halogens is 1. The number of rotatable bonds is 3. The summed E-state index contributed by atoms with van der Waals surface area (Å²) < 4.78 is 7.37. The summed E-state index contributed by atoms with van der Waals surface area (Å²) in [4.78, 5) is 6.73. The highest BCUT2D eigenvalue weighted by molar-refractivity contribution is 6.21. The van der Waals surface area contributed by atoms with Crippen LogP contribution >= 0.6 is 11.6 Å². The van der Waals surface area contributed by atoms with Gasteiger partial charge in [0, 0.05) is 26.7 Å². The van der Waals surface area contributed by atoms with Gasteiger partial charge in [-0.25, -0.2) is 4.98 Å². The van der Waals surface area contributed by atoms with E-state index < -0.39 is 0 Å². The standard InChI is InChI=1S/C14H18ClN3O/c1-17-10-16-13-8-11(2-3-14(13)17)12(15)9-18-4-6-19-7-5-18/h2-3,8,10,12H,4-7,9H2,1H3. The number of aromatic nitrogens is 2. The third-order valence-corrected chi connectivity index (χ3v) is 4.02. The summed E-state index contributed by atoms with van der Waals surface area (Å²) in [5.74, 6) is 0. The molecule has 0 spiro atoms. The Balaban J connectivity index is 1.75. The molecule has 0 aliphatic carbocycles. The molecule has 1 fully saturated rings. The first-order valence-electron chi connectivity index (χ1n) is 6.59. The quantitative estimate of drug-likeness (QED) is 0.807. The van der Waals surface area contributed by atoms with Crippen LogP contribution in [0.2, 0.25) is 0 Å². The van der Waals surface area contributed by atoms with Gasteiger partial charge < -0.3 is 9.30 Å². The minimum absolute atomic E-state index is 0.00417. The second-order valence-corrected chi connectivity index (χ2v) is 5.51. The molecular weight excluding hydrogens is 262 g/mol. The van der Waals surface area contributed by atoms with Gasteiger partial charge in [-0.05, 0) is 17.7 Å². The maximum atomic E-state index is 6.53. The molecule has 0 N–H and O–H groups in total. The molecule has 2 heterocycles. The molecule has 1 aromatic heterocycles. The Labute approximate surface area is 117 Å². The Morgan fingerprint density at radius 2 is 2.16 bits per heavy atom. The van der Waals surface area contributed by atoms with E-state index in [1.165, 1.54) is 0 Å². The molecule has 1 aliphatic heterocycles. The highest BCUT2D eigenvalue weighted by Crippen LogP contribution is 2.25. The summed E-state index contributed by atoms with van der Waals surface area (Å²) >= 11 is 6.53. The van der Waals surface area contributed by atoms with Crippen molar-refractivity contribution in [3.63, 3.8) is 0 Å². The number of morpholine rings is 1. The van der Waals surface area contributed by atoms with Gasteiger partial charge in [0.25, 0.3) is 0 Å². The largest absolute Gasteiger partial charge is 0.379 e. The highest BCUT2D eigenvalue weighted by Gasteiger charge is 2.17. The van der Waals surface area contributed by atoms with E-state index in [4.69, 9.17) is 16.3 Å². The van der Waals surface area contributed by atoms with Crippen molar-refractivity contribution >= 4 is 22.6 Å². The van der Waals surface area contributed by atoms with Crippen LogP contribution in [0.15, 0.2) is 24.5 Å². The average molecular weight is 280 g/mol. The van der Waals surface area contributed by atoms with Gasteiger partial charge in [-0.3, -0.25) is 4.90 Å². The monoisotopic (exact) mass is 279 g/mol. The summed E-state index contributed by atoms with van der Waals surface area (Å²) in [7, 11) is 2.00. The number of alkyl halides is 1. The third kappa shape index (κ3) is 2.76. The summed E-state index contributed by atoms with van der Waals surface area (Å²) in [6, 6.07) is 6.28. The fraction of sp³-hybridized carbons (Fsp3) is 0.500. The number of nitrogens with zero attached hydrogens (tertiary/aromatic N) is 3. The van der Waals surface area contributed by atoms with E-state index in [9.17, 15) is 0 Å². The molecule has 1 saturated heterocycles. The van der Waals surface area contributed by atoms with E-state index in [1.54, 1.807) is 0 Å². The Morgan fingerprint density at radius 1 is 1.37 bits per heavy atom. The number of fused-ring (bicyclic) bond motifs is 1. The van der Waals surface area contributed by atoms with Crippen LogP contribution in [0.1, 0.15) is 10.9 Å². The predicted octanol–water partition coefficient (Wildman–Crippen LogP) is 2.19. The number of hydrogen-bond donors (Lipinski definition) is 0. The maximum Gasteiger partial charge on any atom is 0.0955 e. The van der Waals surface area contributed by atoms with Gasteiger partial charge in [0.1, 0.15) is 0 Å². The van der Waals surface area contributed by atoms with Gasteiger partial charge in [-0.15, -0.1) is 11.6 Å². The first-order chi connectivity index (χ1) is 9.24. The van der Waals surface area contributed by atoms with Crippen molar-refractivity contribution in [2.24, 2.45) is 7.05 Å². The molecule has 0 amide bonds. The molecule has 0 radical (unpaired) electrons. The molecule has 0 bridgehead atoms. The first-order valence-corrected chi connectivity index (χ1v) is 7.03. The normalized spacial score (nSPS) is 18.8. The van der Waals surface area contributed by atoms with E-state index in [1.807, 2.05) is 17.9 Å². The molecule has 1 aliphatic rings. The van der Waals surface area contributed by atoms with Crippen molar-refractivity contribution in [2.45, 2.75) is 5.38 Å². The summed E-state index contributed by atoms with van der Waals surface area (Å²) in [6.07, 6.45) is 1.83. The molecular formula is C14H18ClN3O. The van der Waals surface area contributed by atoms with Crippen LogP contribution in [-0.2, 0) is 11.8 Å². The second kappa shape index (κ2) is 5.49. The van der Waals surface area contributed by atoms with E-state index in [2.05, 4.69) is 28.1 Å². The lowest BCUT2D eigenvalue weighted by atomic mass is 10.1. The molecule has 19 heavy (non-hydrogen) atoms. The van der Waals surface area contributed by atoms with Gasteiger partial charge >= 0.3 is 0 Å². The number of hydrogen-bond acceptors (Lipinski definition) is 3. The minimum atomic E-state index is 0.00417. The number of benzene rings is 1. The lowest BCUT2D eigenvalue weighted by Gasteiger charge is -2.28. The lowest BCUT2D eigenvalue weighted by Crippen LogP contribution is -2.38. The van der Waals surface area contributed by atoms with Crippen LogP contribution in [0.25, 0.3) is 11.0 Å². The van der Waals surface area contributed by atoms with Gasteiger partial charge in [0.15, 0.2) is 0 Å². The van der Waals surface area contributed by atoms with E-state index in [-0.39, 0.29) is 5.38 Å². The summed E-state index contributed by atoms with van der Waals surface area (Å²) in [5, 5.41) is 0.00417. The Bertz CT molecular complexity index is 563.